The Kier molecular flexibility index (Phi) is 7.76. The lowest BCUT2D eigenvalue weighted by molar-refractivity contribution is 0.668. The van der Waals surface area contributed by atoms with Crippen molar-refractivity contribution in [1.29, 1.82) is 5.41 Å². The molecule has 0 saturated carbocycles. The summed E-state index contributed by atoms with van der Waals surface area (Å²) < 4.78 is 11.6. The first kappa shape index (κ1) is 33.0. The zero-order chi connectivity index (χ0) is 37.9. The number of thiophene rings is 1. The molecule has 0 saturated heterocycles. The molecule has 11 aromatic rings. The van der Waals surface area contributed by atoms with Crippen LogP contribution in [0.5, 0.6) is 0 Å². The van der Waals surface area contributed by atoms with Crippen molar-refractivity contribution in [3.05, 3.63) is 199 Å². The summed E-state index contributed by atoms with van der Waals surface area (Å²) in [5, 5.41) is 15.9. The number of hydrogen-bond acceptors (Lipinski definition) is 3. The summed E-state index contributed by atoms with van der Waals surface area (Å²) in [6, 6.07) is 62.7. The first-order valence-electron chi connectivity index (χ1n) is 18.9. The number of fused-ring (bicyclic) bond motifs is 9. The first-order chi connectivity index (χ1) is 28.2. The second-order valence-corrected chi connectivity index (χ2v) is 15.2. The number of aliphatic imine (C=N–C) groups is 2. The summed E-state index contributed by atoms with van der Waals surface area (Å²) in [7, 11) is 0. The van der Waals surface area contributed by atoms with Crippen LogP contribution in [0.25, 0.3) is 80.7 Å². The highest BCUT2D eigenvalue weighted by molar-refractivity contribution is 7.26. The second kappa shape index (κ2) is 13.4. The minimum Gasteiger partial charge on any atom is -0.455 e. The van der Waals surface area contributed by atoms with Gasteiger partial charge in [-0.05, 0) is 65.2 Å². The smallest absolute Gasteiger partial charge is 0.165 e. The maximum absolute atomic E-state index is 8.93. The number of para-hydroxylation sites is 3. The van der Waals surface area contributed by atoms with E-state index in [1.165, 1.54) is 42.0 Å². The van der Waals surface area contributed by atoms with Crippen molar-refractivity contribution in [1.82, 2.24) is 4.57 Å². The molecular formula is C51H32N4OS. The fraction of sp³-hybridized carbons (Fsp3) is 0. The Hall–Kier alpha value is -7.41. The molecule has 0 aliphatic heterocycles. The molecule has 0 amide bonds. The topological polar surface area (TPSA) is 66.6 Å². The van der Waals surface area contributed by atoms with Crippen molar-refractivity contribution in [3.8, 4) is 16.8 Å². The van der Waals surface area contributed by atoms with Crippen molar-refractivity contribution in [3.63, 3.8) is 0 Å². The van der Waals surface area contributed by atoms with Crippen LogP contribution in [-0.4, -0.2) is 22.5 Å². The van der Waals surface area contributed by atoms with Crippen LogP contribution in [0, 0.1) is 5.41 Å². The zero-order valence-corrected chi connectivity index (χ0v) is 31.4. The van der Waals surface area contributed by atoms with E-state index in [1.54, 1.807) is 6.21 Å². The van der Waals surface area contributed by atoms with Crippen molar-refractivity contribution in [2.75, 3.05) is 0 Å². The predicted octanol–water partition coefficient (Wildman–Crippen LogP) is 13.6. The molecule has 3 heterocycles. The number of hydrogen-bond donors (Lipinski definition) is 1. The van der Waals surface area contributed by atoms with E-state index >= 15 is 0 Å². The van der Waals surface area contributed by atoms with Crippen LogP contribution >= 0.6 is 11.3 Å². The van der Waals surface area contributed by atoms with Gasteiger partial charge in [0.2, 0.25) is 0 Å². The first-order valence-corrected chi connectivity index (χ1v) is 19.7. The molecular weight excluding hydrogens is 717 g/mol. The summed E-state index contributed by atoms with van der Waals surface area (Å²) in [6.45, 7) is 0. The van der Waals surface area contributed by atoms with E-state index in [9.17, 15) is 0 Å². The SMILES string of the molecule is N=C(N=C(N=Cc1ccccc1)c1cccc2c1oc1cccc(-c3cccc4sc5ccc(-n6c7ccccc7c7ccccc76)cc5c34)c12)c1ccccc1. The lowest BCUT2D eigenvalue weighted by Crippen LogP contribution is -2.05. The lowest BCUT2D eigenvalue weighted by atomic mass is 9.95. The minimum atomic E-state index is 0.126. The van der Waals surface area contributed by atoms with Crippen LogP contribution < -0.4 is 0 Å². The van der Waals surface area contributed by atoms with E-state index in [2.05, 4.69) is 108 Å². The standard InChI is InChI=1S/C51H32N4OS/c52-50(33-16-5-2-6-17-33)54-51(53-31-32-14-3-1-4-15-32)40-23-11-22-39-47-37(20-12-26-44(47)56-49(39)40)38-21-13-27-46-48(38)41-30-34(28-29-45(41)57-46)55-42-24-9-7-18-35(42)36-19-8-10-25-43(36)55/h1-31,52H. The largest absolute Gasteiger partial charge is 0.455 e. The molecule has 0 aliphatic rings. The molecule has 268 valence electrons. The van der Waals surface area contributed by atoms with Gasteiger partial charge >= 0.3 is 0 Å². The predicted molar refractivity (Wildman–Crippen MR) is 240 cm³/mol. The summed E-state index contributed by atoms with van der Waals surface area (Å²) >= 11 is 1.82. The van der Waals surface area contributed by atoms with E-state index in [1.807, 2.05) is 90.2 Å². The molecule has 0 unspecified atom stereocenters. The van der Waals surface area contributed by atoms with Gasteiger partial charge in [0.15, 0.2) is 11.7 Å². The second-order valence-electron chi connectivity index (χ2n) is 14.1. The fourth-order valence-corrected chi connectivity index (χ4v) is 9.34. The Bertz CT molecular complexity index is 3370. The number of nitrogens with zero attached hydrogens (tertiary/aromatic N) is 3. The average molecular weight is 749 g/mol. The van der Waals surface area contributed by atoms with Crippen LogP contribution in [-0.2, 0) is 0 Å². The van der Waals surface area contributed by atoms with Gasteiger partial charge in [0.1, 0.15) is 11.2 Å². The Morgan fingerprint density at radius 1 is 0.561 bits per heavy atom. The maximum atomic E-state index is 8.93. The van der Waals surface area contributed by atoms with Crippen LogP contribution in [0.1, 0.15) is 16.7 Å². The van der Waals surface area contributed by atoms with Gasteiger partial charge in [-0.2, -0.15) is 0 Å². The van der Waals surface area contributed by atoms with Crippen LogP contribution in [0.3, 0.4) is 0 Å². The summed E-state index contributed by atoms with van der Waals surface area (Å²) in [4.78, 5) is 9.70. The number of furan rings is 1. The maximum Gasteiger partial charge on any atom is 0.165 e. The molecule has 11 rings (SSSR count). The third kappa shape index (κ3) is 5.49. The van der Waals surface area contributed by atoms with Gasteiger partial charge in [-0.3, -0.25) is 5.41 Å². The highest BCUT2D eigenvalue weighted by atomic mass is 32.1. The van der Waals surface area contributed by atoms with Crippen molar-refractivity contribution in [2.45, 2.75) is 0 Å². The van der Waals surface area contributed by atoms with Gasteiger partial charge in [0, 0.05) is 59.2 Å². The lowest BCUT2D eigenvalue weighted by Gasteiger charge is -2.10. The fourth-order valence-electron chi connectivity index (χ4n) is 8.23. The van der Waals surface area contributed by atoms with Gasteiger partial charge in [-0.15, -0.1) is 11.3 Å². The molecule has 8 aromatic carbocycles. The van der Waals surface area contributed by atoms with Gasteiger partial charge in [-0.25, -0.2) is 9.98 Å². The van der Waals surface area contributed by atoms with E-state index in [0.717, 1.165) is 44.3 Å². The van der Waals surface area contributed by atoms with Crippen molar-refractivity contribution >= 4 is 93.1 Å². The molecule has 0 bridgehead atoms. The molecule has 57 heavy (non-hydrogen) atoms. The zero-order valence-electron chi connectivity index (χ0n) is 30.6. The van der Waals surface area contributed by atoms with Crippen molar-refractivity contribution in [2.24, 2.45) is 9.98 Å². The third-order valence-electron chi connectivity index (χ3n) is 10.8. The van der Waals surface area contributed by atoms with E-state index in [4.69, 9.17) is 19.8 Å². The van der Waals surface area contributed by atoms with E-state index in [-0.39, 0.29) is 5.84 Å². The van der Waals surface area contributed by atoms with E-state index in [0.29, 0.717) is 17.0 Å². The molecule has 0 radical (unpaired) electrons. The van der Waals surface area contributed by atoms with Gasteiger partial charge in [-0.1, -0.05) is 133 Å². The highest BCUT2D eigenvalue weighted by Crippen LogP contribution is 2.45. The normalized spacial score (nSPS) is 12.3. The number of nitrogens with one attached hydrogen (secondary N) is 1. The van der Waals surface area contributed by atoms with Gasteiger partial charge in [0.25, 0.3) is 0 Å². The van der Waals surface area contributed by atoms with Gasteiger partial charge in [0.05, 0.1) is 16.6 Å². The molecule has 0 aliphatic carbocycles. The van der Waals surface area contributed by atoms with Gasteiger partial charge < -0.3 is 8.98 Å². The number of benzene rings is 8. The average Bonchev–Trinajstić information content (AvgIpc) is 3.95. The highest BCUT2D eigenvalue weighted by Gasteiger charge is 2.21. The monoisotopic (exact) mass is 748 g/mol. The Labute approximate surface area is 331 Å². The Morgan fingerprint density at radius 3 is 1.98 bits per heavy atom. The number of rotatable bonds is 5. The van der Waals surface area contributed by atoms with Crippen molar-refractivity contribution < 1.29 is 4.42 Å². The van der Waals surface area contributed by atoms with E-state index < -0.39 is 0 Å². The molecule has 0 atom stereocenters. The van der Waals surface area contributed by atoms with Crippen LogP contribution in [0.15, 0.2) is 196 Å². The summed E-state index contributed by atoms with van der Waals surface area (Å²) in [5.74, 6) is 0.531. The molecule has 5 nitrogen and oxygen atoms in total. The number of aromatic nitrogens is 1. The summed E-state index contributed by atoms with van der Waals surface area (Å²) in [5.41, 5.74) is 9.60. The minimum absolute atomic E-state index is 0.126. The molecule has 0 spiro atoms. The van der Waals surface area contributed by atoms with Crippen LogP contribution in [0.4, 0.5) is 0 Å². The Balaban J connectivity index is 1.11. The quantitative estimate of drug-likeness (QED) is 0.138. The summed E-state index contributed by atoms with van der Waals surface area (Å²) in [6.07, 6.45) is 1.79. The molecule has 1 N–H and O–H groups in total. The number of amidine groups is 2. The molecule has 6 heteroatoms. The third-order valence-corrected chi connectivity index (χ3v) is 11.9. The molecule has 0 fully saturated rings. The Morgan fingerprint density at radius 2 is 1.21 bits per heavy atom. The van der Waals surface area contributed by atoms with Crippen LogP contribution in [0.2, 0.25) is 0 Å². The molecule has 3 aromatic heterocycles.